The van der Waals surface area contributed by atoms with E-state index < -0.39 is 0 Å². The fourth-order valence-corrected chi connectivity index (χ4v) is 4.35. The summed E-state index contributed by atoms with van der Waals surface area (Å²) in [5, 5.41) is 2.90. The number of carbonyl (C=O) groups excluding carboxylic acids is 2. The number of pyridine rings is 1. The zero-order valence-corrected chi connectivity index (χ0v) is 19.7. The van der Waals surface area contributed by atoms with Gasteiger partial charge in [0.15, 0.2) is 0 Å². The normalized spacial score (nSPS) is 16.7. The molecule has 1 fully saturated rings. The van der Waals surface area contributed by atoms with E-state index in [1.807, 2.05) is 31.4 Å². The van der Waals surface area contributed by atoms with Crippen molar-refractivity contribution in [1.29, 1.82) is 0 Å². The predicted molar refractivity (Wildman–Crippen MR) is 122 cm³/mol. The summed E-state index contributed by atoms with van der Waals surface area (Å²) in [5.74, 6) is 0.0674. The number of amides is 2. The van der Waals surface area contributed by atoms with Crippen LogP contribution in [0.4, 0.5) is 0 Å². The molecule has 9 nitrogen and oxygen atoms in total. The molecule has 0 aromatic carbocycles. The average Bonchev–Trinajstić information content (AvgIpc) is 3.12. The molecule has 4 heterocycles. The van der Waals surface area contributed by atoms with Gasteiger partial charge in [0.05, 0.1) is 30.0 Å². The van der Waals surface area contributed by atoms with Crippen molar-refractivity contribution in [2.45, 2.75) is 40.0 Å². The van der Waals surface area contributed by atoms with E-state index in [1.165, 1.54) is 4.90 Å². The van der Waals surface area contributed by atoms with Gasteiger partial charge in [0.1, 0.15) is 18.1 Å². The Kier molecular flexibility index (Phi) is 7.05. The van der Waals surface area contributed by atoms with Gasteiger partial charge in [-0.05, 0) is 44.5 Å². The zero-order valence-electron chi connectivity index (χ0n) is 18.9. The monoisotopic (exact) mass is 466 g/mol. The van der Waals surface area contributed by atoms with Crippen molar-refractivity contribution in [1.82, 2.24) is 29.7 Å². The molecular weight excluding hydrogens is 440 g/mol. The molecule has 0 spiro atoms. The molecule has 10 heteroatoms. The lowest BCUT2D eigenvalue weighted by molar-refractivity contribution is -0.132. The lowest BCUT2D eigenvalue weighted by Crippen LogP contribution is -2.40. The van der Waals surface area contributed by atoms with Crippen molar-refractivity contribution in [3.8, 4) is 0 Å². The quantitative estimate of drug-likeness (QED) is 0.549. The van der Waals surface area contributed by atoms with Crippen molar-refractivity contribution in [2.75, 3.05) is 19.6 Å². The summed E-state index contributed by atoms with van der Waals surface area (Å²) >= 11 is 1.55. The number of rotatable bonds is 6. The summed E-state index contributed by atoms with van der Waals surface area (Å²) < 4.78 is 6.17. The van der Waals surface area contributed by atoms with Crippen LogP contribution in [0.5, 0.6) is 0 Å². The number of aryl methyl sites for hydroxylation is 3. The Hall–Kier alpha value is -3.24. The standard InChI is InChI=1S/C23H26N6O3S/c1-15-8-21(26-16(2)25-15)23(31)29-11-20(32-13-18-4-6-24-7-5-18)10-28(22(30)12-29)9-19-14-33-17(3)27-19/h4-8,14,20H,9-13H2,1-3H3. The summed E-state index contributed by atoms with van der Waals surface area (Å²) in [7, 11) is 0. The second-order valence-electron chi connectivity index (χ2n) is 8.05. The molecule has 172 valence electrons. The maximum Gasteiger partial charge on any atom is 0.273 e. The van der Waals surface area contributed by atoms with Crippen molar-refractivity contribution >= 4 is 23.2 Å². The van der Waals surface area contributed by atoms with E-state index in [4.69, 9.17) is 4.74 Å². The maximum atomic E-state index is 13.3. The summed E-state index contributed by atoms with van der Waals surface area (Å²) in [6.45, 7) is 6.85. The van der Waals surface area contributed by atoms with Crippen LogP contribution < -0.4 is 0 Å². The number of thiazole rings is 1. The van der Waals surface area contributed by atoms with E-state index >= 15 is 0 Å². The summed E-state index contributed by atoms with van der Waals surface area (Å²) in [6.07, 6.45) is 3.06. The maximum absolute atomic E-state index is 13.3. The first-order valence-corrected chi connectivity index (χ1v) is 11.6. The molecule has 1 aliphatic rings. The second kappa shape index (κ2) is 10.1. The number of hydrogen-bond acceptors (Lipinski definition) is 8. The number of hydrogen-bond donors (Lipinski definition) is 0. The summed E-state index contributed by atoms with van der Waals surface area (Å²) in [6, 6.07) is 5.41. The van der Waals surface area contributed by atoms with Crippen LogP contribution in [0.2, 0.25) is 0 Å². The molecule has 1 aliphatic heterocycles. The Labute approximate surface area is 196 Å². The van der Waals surface area contributed by atoms with Gasteiger partial charge in [0.25, 0.3) is 5.91 Å². The molecule has 0 bridgehead atoms. The van der Waals surface area contributed by atoms with Crippen LogP contribution in [0.1, 0.15) is 38.3 Å². The second-order valence-corrected chi connectivity index (χ2v) is 9.11. The molecule has 0 radical (unpaired) electrons. The van der Waals surface area contributed by atoms with Crippen LogP contribution in [-0.4, -0.2) is 67.3 Å². The molecule has 1 atom stereocenters. The molecular formula is C23H26N6O3S. The lowest BCUT2D eigenvalue weighted by atomic mass is 10.2. The molecule has 33 heavy (non-hydrogen) atoms. The number of nitrogens with zero attached hydrogens (tertiary/aromatic N) is 6. The van der Waals surface area contributed by atoms with Gasteiger partial charge in [-0.2, -0.15) is 0 Å². The minimum atomic E-state index is -0.364. The van der Waals surface area contributed by atoms with Crippen LogP contribution in [-0.2, 0) is 22.7 Å². The van der Waals surface area contributed by atoms with E-state index in [0.29, 0.717) is 31.2 Å². The predicted octanol–water partition coefficient (Wildman–Crippen LogP) is 2.32. The third-order valence-electron chi connectivity index (χ3n) is 5.25. The molecule has 3 aromatic rings. The third kappa shape index (κ3) is 5.96. The molecule has 4 rings (SSSR count). The van der Waals surface area contributed by atoms with Crippen LogP contribution in [0.15, 0.2) is 36.0 Å². The van der Waals surface area contributed by atoms with Gasteiger partial charge >= 0.3 is 0 Å². The Morgan fingerprint density at radius 2 is 1.94 bits per heavy atom. The zero-order chi connectivity index (χ0) is 23.4. The Bertz CT molecular complexity index is 1120. The van der Waals surface area contributed by atoms with Gasteiger partial charge in [0, 0.05) is 36.6 Å². The molecule has 2 amide bonds. The minimum Gasteiger partial charge on any atom is -0.370 e. The van der Waals surface area contributed by atoms with Crippen LogP contribution >= 0.6 is 11.3 Å². The molecule has 0 saturated carbocycles. The largest absolute Gasteiger partial charge is 0.370 e. The number of ether oxygens (including phenoxy) is 1. The van der Waals surface area contributed by atoms with Crippen LogP contribution in [0, 0.1) is 20.8 Å². The smallest absolute Gasteiger partial charge is 0.273 e. The van der Waals surface area contributed by atoms with Gasteiger partial charge in [-0.15, -0.1) is 11.3 Å². The first-order valence-electron chi connectivity index (χ1n) is 10.7. The van der Waals surface area contributed by atoms with Crippen LogP contribution in [0.25, 0.3) is 0 Å². The lowest BCUT2D eigenvalue weighted by Gasteiger charge is -2.24. The van der Waals surface area contributed by atoms with E-state index in [0.717, 1.165) is 16.3 Å². The number of aromatic nitrogens is 4. The third-order valence-corrected chi connectivity index (χ3v) is 6.08. The van der Waals surface area contributed by atoms with Gasteiger partial charge in [-0.25, -0.2) is 15.0 Å². The fraction of sp³-hybridized carbons (Fsp3) is 0.391. The highest BCUT2D eigenvalue weighted by Gasteiger charge is 2.32. The summed E-state index contributed by atoms with van der Waals surface area (Å²) in [4.78, 5) is 46.7. The fourth-order valence-electron chi connectivity index (χ4n) is 3.75. The molecule has 0 aliphatic carbocycles. The van der Waals surface area contributed by atoms with E-state index in [1.54, 1.807) is 41.6 Å². The van der Waals surface area contributed by atoms with Gasteiger partial charge < -0.3 is 14.5 Å². The van der Waals surface area contributed by atoms with E-state index in [-0.39, 0.29) is 36.7 Å². The summed E-state index contributed by atoms with van der Waals surface area (Å²) in [5.41, 5.74) is 2.80. The van der Waals surface area contributed by atoms with Crippen molar-refractivity contribution in [3.63, 3.8) is 0 Å². The molecule has 3 aromatic heterocycles. The highest BCUT2D eigenvalue weighted by molar-refractivity contribution is 7.09. The highest BCUT2D eigenvalue weighted by Crippen LogP contribution is 2.17. The Balaban J connectivity index is 1.55. The molecule has 1 unspecified atom stereocenters. The Morgan fingerprint density at radius 3 is 2.64 bits per heavy atom. The van der Waals surface area contributed by atoms with Gasteiger partial charge in [0.2, 0.25) is 5.91 Å². The highest BCUT2D eigenvalue weighted by atomic mass is 32.1. The number of carbonyl (C=O) groups is 2. The van der Waals surface area contributed by atoms with Crippen molar-refractivity contribution in [2.24, 2.45) is 0 Å². The van der Waals surface area contributed by atoms with Gasteiger partial charge in [-0.3, -0.25) is 14.6 Å². The average molecular weight is 467 g/mol. The van der Waals surface area contributed by atoms with Crippen molar-refractivity contribution in [3.05, 3.63) is 69.5 Å². The first kappa shape index (κ1) is 22.9. The Morgan fingerprint density at radius 1 is 1.15 bits per heavy atom. The topological polar surface area (TPSA) is 101 Å². The van der Waals surface area contributed by atoms with Crippen LogP contribution in [0.3, 0.4) is 0 Å². The molecule has 0 N–H and O–H groups in total. The minimum absolute atomic E-state index is 0.0425. The first-order chi connectivity index (χ1) is 15.9. The van der Waals surface area contributed by atoms with Gasteiger partial charge in [-0.1, -0.05) is 0 Å². The van der Waals surface area contributed by atoms with E-state index in [2.05, 4.69) is 19.9 Å². The van der Waals surface area contributed by atoms with Crippen molar-refractivity contribution < 1.29 is 14.3 Å². The van der Waals surface area contributed by atoms with E-state index in [9.17, 15) is 9.59 Å². The molecule has 1 saturated heterocycles. The SMILES string of the molecule is Cc1cc(C(=O)N2CC(=O)N(Cc3csc(C)n3)CC(OCc3ccncc3)C2)nc(C)n1.